The number of nitrogens with zero attached hydrogens (tertiary/aromatic N) is 5. The van der Waals surface area contributed by atoms with Crippen LogP contribution < -0.4 is 10.6 Å². The third-order valence-corrected chi connectivity index (χ3v) is 7.60. The minimum Gasteiger partial charge on any atom is -0.368 e. The fourth-order valence-corrected chi connectivity index (χ4v) is 5.76. The average molecular weight is 476 g/mol. The van der Waals surface area contributed by atoms with Crippen molar-refractivity contribution in [2.24, 2.45) is 0 Å². The van der Waals surface area contributed by atoms with Crippen LogP contribution >= 0.6 is 11.8 Å². The van der Waals surface area contributed by atoms with E-state index in [2.05, 4.69) is 27.0 Å². The van der Waals surface area contributed by atoms with Gasteiger partial charge in [0.1, 0.15) is 5.03 Å². The molecule has 34 heavy (non-hydrogen) atoms. The Morgan fingerprint density at radius 1 is 0.971 bits per heavy atom. The minimum atomic E-state index is -0.240. The summed E-state index contributed by atoms with van der Waals surface area (Å²) in [4.78, 5) is 38.7. The molecule has 3 heterocycles. The number of thioether (sulfide) groups is 1. The maximum absolute atomic E-state index is 13.0. The Balaban J connectivity index is 1.25. The largest absolute Gasteiger partial charge is 0.368 e. The maximum Gasteiger partial charge on any atom is 0.349 e. The topological polar surface area (TPSA) is 71.3 Å². The normalized spacial score (nSPS) is 15.8. The minimum absolute atomic E-state index is 0.114. The van der Waals surface area contributed by atoms with Gasteiger partial charge in [0.05, 0.1) is 12.3 Å². The van der Waals surface area contributed by atoms with Gasteiger partial charge >= 0.3 is 5.69 Å². The zero-order valence-corrected chi connectivity index (χ0v) is 20.0. The smallest absolute Gasteiger partial charge is 0.349 e. The predicted molar refractivity (Wildman–Crippen MR) is 134 cm³/mol. The molecule has 0 radical (unpaired) electrons. The van der Waals surface area contributed by atoms with Crippen LogP contribution in [0.5, 0.6) is 0 Å². The highest BCUT2D eigenvalue weighted by Gasteiger charge is 2.24. The summed E-state index contributed by atoms with van der Waals surface area (Å²) in [5, 5.41) is 0.735. The lowest BCUT2D eigenvalue weighted by atomic mass is 9.97. The Labute approximate surface area is 203 Å². The number of benzene rings is 1. The van der Waals surface area contributed by atoms with Crippen LogP contribution in [0.3, 0.4) is 0 Å². The van der Waals surface area contributed by atoms with Gasteiger partial charge in [0.15, 0.2) is 0 Å². The van der Waals surface area contributed by atoms with E-state index in [1.165, 1.54) is 17.4 Å². The zero-order valence-electron chi connectivity index (χ0n) is 19.2. The number of piperazine rings is 1. The Bertz CT molecular complexity index is 1190. The lowest BCUT2D eigenvalue weighted by molar-refractivity contribution is -0.128. The third-order valence-electron chi connectivity index (χ3n) is 6.60. The molecule has 1 aliphatic carbocycles. The summed E-state index contributed by atoms with van der Waals surface area (Å²) in [6.07, 6.45) is 7.46. The number of rotatable bonds is 6. The van der Waals surface area contributed by atoms with Gasteiger partial charge in [-0.25, -0.2) is 4.79 Å². The molecule has 3 aromatic rings. The van der Waals surface area contributed by atoms with Crippen LogP contribution in [0.4, 0.5) is 5.69 Å². The molecular formula is C26H29N5O2S. The summed E-state index contributed by atoms with van der Waals surface area (Å²) < 4.78 is 1.79. The van der Waals surface area contributed by atoms with Gasteiger partial charge in [-0.2, -0.15) is 4.98 Å². The predicted octanol–water partition coefficient (Wildman–Crippen LogP) is 3.01. The number of hydrogen-bond acceptors (Lipinski definition) is 6. The summed E-state index contributed by atoms with van der Waals surface area (Å²) in [7, 11) is 0. The van der Waals surface area contributed by atoms with E-state index in [0.29, 0.717) is 25.4 Å². The number of anilines is 1. The first-order chi connectivity index (χ1) is 16.7. The van der Waals surface area contributed by atoms with Crippen molar-refractivity contribution in [1.82, 2.24) is 19.4 Å². The fraction of sp³-hybridized carbons (Fsp3) is 0.385. The quantitative estimate of drug-likeness (QED) is 0.403. The maximum atomic E-state index is 13.0. The molecule has 0 N–H and O–H groups in total. The van der Waals surface area contributed by atoms with E-state index in [-0.39, 0.29) is 11.6 Å². The number of para-hydroxylation sites is 1. The highest BCUT2D eigenvalue weighted by molar-refractivity contribution is 7.99. The van der Waals surface area contributed by atoms with E-state index >= 15 is 0 Å². The number of amides is 1. The number of aromatic nitrogens is 3. The second-order valence-corrected chi connectivity index (χ2v) is 9.74. The standard InChI is InChI=1S/C26H29N5O2S/c32-24(30-15-13-29(14-16-30)21-8-2-1-3-9-21)19-34-25-22-10-4-5-11-23(22)31(26(33)28-25)18-20-7-6-12-27-17-20/h1-3,6-9,12,17H,4-5,10-11,13-16,18-19H2. The molecule has 1 saturated heterocycles. The van der Waals surface area contributed by atoms with Crippen molar-refractivity contribution >= 4 is 23.4 Å². The van der Waals surface area contributed by atoms with Crippen LogP contribution in [0.2, 0.25) is 0 Å². The molecule has 0 bridgehead atoms. The van der Waals surface area contributed by atoms with E-state index in [0.717, 1.165) is 60.6 Å². The summed E-state index contributed by atoms with van der Waals surface area (Å²) in [6, 6.07) is 14.2. The molecule has 1 amide bonds. The van der Waals surface area contributed by atoms with E-state index in [9.17, 15) is 9.59 Å². The SMILES string of the molecule is O=C(CSc1nc(=O)n(Cc2cccnc2)c2c1CCCC2)N1CCN(c2ccccc2)CC1. The van der Waals surface area contributed by atoms with Crippen molar-refractivity contribution < 1.29 is 4.79 Å². The van der Waals surface area contributed by atoms with Crippen molar-refractivity contribution in [1.29, 1.82) is 0 Å². The number of hydrogen-bond donors (Lipinski definition) is 0. The number of fused-ring (bicyclic) bond motifs is 1. The Morgan fingerprint density at radius 3 is 2.53 bits per heavy atom. The van der Waals surface area contributed by atoms with Gasteiger partial charge in [-0.15, -0.1) is 0 Å². The van der Waals surface area contributed by atoms with Gasteiger partial charge in [0, 0.05) is 55.5 Å². The molecule has 2 aromatic heterocycles. The van der Waals surface area contributed by atoms with Crippen molar-refractivity contribution in [2.75, 3.05) is 36.8 Å². The van der Waals surface area contributed by atoms with Gasteiger partial charge in [-0.1, -0.05) is 36.0 Å². The van der Waals surface area contributed by atoms with Gasteiger partial charge < -0.3 is 9.80 Å². The van der Waals surface area contributed by atoms with Crippen molar-refractivity contribution in [2.45, 2.75) is 37.3 Å². The van der Waals surface area contributed by atoms with E-state index < -0.39 is 0 Å². The number of pyridine rings is 1. The lowest BCUT2D eigenvalue weighted by Gasteiger charge is -2.36. The number of carbonyl (C=O) groups excluding carboxylic acids is 1. The first-order valence-electron chi connectivity index (χ1n) is 11.9. The summed E-state index contributed by atoms with van der Waals surface area (Å²) in [6.45, 7) is 3.58. The molecule has 0 saturated carbocycles. The van der Waals surface area contributed by atoms with Crippen LogP contribution in [0, 0.1) is 0 Å². The van der Waals surface area contributed by atoms with Gasteiger partial charge in [-0.3, -0.25) is 14.3 Å². The van der Waals surface area contributed by atoms with Crippen molar-refractivity contribution in [3.8, 4) is 0 Å². The van der Waals surface area contributed by atoms with Crippen LogP contribution in [0.1, 0.15) is 29.7 Å². The number of carbonyl (C=O) groups is 1. The fourth-order valence-electron chi connectivity index (χ4n) is 4.78. The molecule has 7 nitrogen and oxygen atoms in total. The Kier molecular flexibility index (Phi) is 6.94. The van der Waals surface area contributed by atoms with E-state index in [4.69, 9.17) is 0 Å². The molecule has 0 atom stereocenters. The van der Waals surface area contributed by atoms with Gasteiger partial charge in [0.25, 0.3) is 0 Å². The average Bonchev–Trinajstić information content (AvgIpc) is 2.90. The van der Waals surface area contributed by atoms with Crippen molar-refractivity contribution in [3.05, 3.63) is 82.2 Å². The molecule has 0 unspecified atom stereocenters. The first kappa shape index (κ1) is 22.7. The first-order valence-corrected chi connectivity index (χ1v) is 12.9. The zero-order chi connectivity index (χ0) is 23.3. The molecule has 5 rings (SSSR count). The van der Waals surface area contributed by atoms with E-state index in [1.807, 2.05) is 35.2 Å². The molecule has 1 aromatic carbocycles. The van der Waals surface area contributed by atoms with Crippen LogP contribution in [-0.2, 0) is 24.2 Å². The molecule has 1 aliphatic heterocycles. The van der Waals surface area contributed by atoms with Crippen molar-refractivity contribution in [3.63, 3.8) is 0 Å². The molecular weight excluding hydrogens is 446 g/mol. The van der Waals surface area contributed by atoms with Crippen LogP contribution in [0.25, 0.3) is 0 Å². The highest BCUT2D eigenvalue weighted by atomic mass is 32.2. The Hall–Kier alpha value is -3.13. The third kappa shape index (κ3) is 5.01. The summed E-state index contributed by atoms with van der Waals surface area (Å²) in [5.41, 5.74) is 4.16. The molecule has 0 spiro atoms. The van der Waals surface area contributed by atoms with E-state index in [1.54, 1.807) is 17.0 Å². The molecule has 176 valence electrons. The molecule has 8 heteroatoms. The second-order valence-electron chi connectivity index (χ2n) is 8.77. The van der Waals surface area contributed by atoms with Gasteiger partial charge in [-0.05, 0) is 49.4 Å². The monoisotopic (exact) mass is 475 g/mol. The van der Waals surface area contributed by atoms with Crippen LogP contribution in [-0.4, -0.2) is 57.3 Å². The second kappa shape index (κ2) is 10.4. The molecule has 1 fully saturated rings. The molecule has 2 aliphatic rings. The highest BCUT2D eigenvalue weighted by Crippen LogP contribution is 2.29. The summed E-state index contributed by atoms with van der Waals surface area (Å²) in [5.74, 6) is 0.431. The summed E-state index contributed by atoms with van der Waals surface area (Å²) >= 11 is 1.42. The van der Waals surface area contributed by atoms with Crippen LogP contribution in [0.15, 0.2) is 64.7 Å². The Morgan fingerprint density at radius 2 is 1.76 bits per heavy atom. The van der Waals surface area contributed by atoms with Gasteiger partial charge in [0.2, 0.25) is 5.91 Å². The lowest BCUT2D eigenvalue weighted by Crippen LogP contribution is -2.49.